The van der Waals surface area contributed by atoms with Gasteiger partial charge in [0.1, 0.15) is 17.2 Å². The molecule has 2 aliphatic heterocycles. The van der Waals surface area contributed by atoms with Crippen LogP contribution in [0.25, 0.3) is 5.65 Å². The molecule has 4 aromatic rings. The second kappa shape index (κ2) is 10.3. The van der Waals surface area contributed by atoms with Gasteiger partial charge in [-0.3, -0.25) is 19.3 Å². The number of fused-ring (bicyclic) bond motifs is 2. The SMILES string of the molecule is CCc1nn2ccc(N3CCCC3c3cc(F)cn(CCCN4C(=O)c5ccccc5C4=O)c3=O)nc2c1C(=O)O. The summed E-state index contributed by atoms with van der Waals surface area (Å²) in [5, 5.41) is 14.1. The third-order valence-electron chi connectivity index (χ3n) is 7.74. The molecule has 0 spiro atoms. The van der Waals surface area contributed by atoms with E-state index in [1.54, 1.807) is 36.5 Å². The lowest BCUT2D eigenvalue weighted by Gasteiger charge is -2.26. The molecule has 11 nitrogen and oxygen atoms in total. The van der Waals surface area contributed by atoms with Crippen molar-refractivity contribution in [3.63, 3.8) is 0 Å². The van der Waals surface area contributed by atoms with Crippen LogP contribution in [0.15, 0.2) is 53.6 Å². The smallest absolute Gasteiger partial charge is 0.341 e. The number of carboxylic acids is 1. The van der Waals surface area contributed by atoms with Gasteiger partial charge >= 0.3 is 5.97 Å². The van der Waals surface area contributed by atoms with Gasteiger partial charge in [-0.15, -0.1) is 0 Å². The third-order valence-corrected chi connectivity index (χ3v) is 7.74. The van der Waals surface area contributed by atoms with E-state index in [0.717, 1.165) is 17.5 Å². The highest BCUT2D eigenvalue weighted by Crippen LogP contribution is 2.34. The predicted molar refractivity (Wildman–Crippen MR) is 146 cm³/mol. The normalized spacial score (nSPS) is 16.7. The number of hydrogen-bond donors (Lipinski definition) is 1. The summed E-state index contributed by atoms with van der Waals surface area (Å²) in [6, 6.07) is 9.10. The Hall–Kier alpha value is -4.87. The maximum absolute atomic E-state index is 14.8. The molecule has 1 saturated heterocycles. The Kier molecular flexibility index (Phi) is 6.60. The first kappa shape index (κ1) is 26.4. The van der Waals surface area contributed by atoms with Crippen LogP contribution in [0, 0.1) is 5.82 Å². The fraction of sp³-hybridized carbons (Fsp3) is 0.310. The van der Waals surface area contributed by atoms with Crippen molar-refractivity contribution in [1.29, 1.82) is 0 Å². The highest BCUT2D eigenvalue weighted by Gasteiger charge is 2.35. The third kappa shape index (κ3) is 4.45. The monoisotopic (exact) mass is 558 g/mol. The highest BCUT2D eigenvalue weighted by atomic mass is 19.1. The molecular formula is C29H27FN6O5. The van der Waals surface area contributed by atoms with Gasteiger partial charge < -0.3 is 14.6 Å². The Morgan fingerprint density at radius 1 is 1.10 bits per heavy atom. The minimum absolute atomic E-state index is 0.0382. The number of aryl methyl sites for hydroxylation is 2. The van der Waals surface area contributed by atoms with Crippen LogP contribution >= 0.6 is 0 Å². The van der Waals surface area contributed by atoms with Crippen LogP contribution in [-0.2, 0) is 13.0 Å². The highest BCUT2D eigenvalue weighted by molar-refractivity contribution is 6.21. The molecule has 0 saturated carbocycles. The fourth-order valence-corrected chi connectivity index (χ4v) is 5.82. The first-order chi connectivity index (χ1) is 19.8. The van der Waals surface area contributed by atoms with E-state index in [9.17, 15) is 28.7 Å². The standard InChI is InChI=1S/C29H27FN6O5/c1-2-21-24(29(40)41)25-31-23(10-14-36(25)32-21)34-12-5-9-22(34)20-15-17(30)16-33(26(20)37)11-6-13-35-27(38)18-7-3-4-8-19(18)28(35)39/h3-4,7-8,10,14-16,22H,2,5-6,9,11-13H2,1H3,(H,40,41). The second-order valence-electron chi connectivity index (χ2n) is 10.2. The number of hydrogen-bond acceptors (Lipinski definition) is 7. The van der Waals surface area contributed by atoms with Gasteiger partial charge in [-0.1, -0.05) is 19.1 Å². The molecule has 2 amide bonds. The first-order valence-corrected chi connectivity index (χ1v) is 13.5. The van der Waals surface area contributed by atoms with Crippen LogP contribution in [0.3, 0.4) is 0 Å². The van der Waals surface area contributed by atoms with Crippen molar-refractivity contribution >= 4 is 29.2 Å². The van der Waals surface area contributed by atoms with E-state index < -0.39 is 17.8 Å². The van der Waals surface area contributed by atoms with Crippen LogP contribution in [-0.4, -0.2) is 60.0 Å². The molecule has 12 heteroatoms. The summed E-state index contributed by atoms with van der Waals surface area (Å²) < 4.78 is 17.5. The molecule has 1 fully saturated rings. The lowest BCUT2D eigenvalue weighted by Crippen LogP contribution is -2.34. The number of pyridine rings is 1. The molecule has 3 aromatic heterocycles. The van der Waals surface area contributed by atoms with Crippen LogP contribution < -0.4 is 10.5 Å². The van der Waals surface area contributed by atoms with Crippen molar-refractivity contribution in [2.75, 3.05) is 18.0 Å². The van der Waals surface area contributed by atoms with Crippen LogP contribution in [0.4, 0.5) is 10.2 Å². The number of carbonyl (C=O) groups excluding carboxylic acids is 2. The van der Waals surface area contributed by atoms with Gasteiger partial charge in [0.2, 0.25) is 0 Å². The molecule has 5 heterocycles. The maximum Gasteiger partial charge on any atom is 0.341 e. The van der Waals surface area contributed by atoms with E-state index in [1.807, 2.05) is 11.8 Å². The molecular weight excluding hydrogens is 531 g/mol. The number of aromatic carboxylic acids is 1. The van der Waals surface area contributed by atoms with Crippen LogP contribution in [0.5, 0.6) is 0 Å². The summed E-state index contributed by atoms with van der Waals surface area (Å²) in [5.41, 5.74) is 1.29. The van der Waals surface area contributed by atoms with Gasteiger partial charge in [0, 0.05) is 37.6 Å². The molecule has 0 aliphatic carbocycles. The number of carbonyl (C=O) groups is 3. The molecule has 6 rings (SSSR count). The molecule has 1 unspecified atom stereocenters. The Morgan fingerprint density at radius 2 is 1.83 bits per heavy atom. The number of amides is 2. The van der Waals surface area contributed by atoms with Gasteiger partial charge in [-0.25, -0.2) is 18.7 Å². The zero-order chi connectivity index (χ0) is 28.8. The molecule has 0 radical (unpaired) electrons. The van der Waals surface area contributed by atoms with E-state index in [-0.39, 0.29) is 53.7 Å². The molecule has 2 aliphatic rings. The first-order valence-electron chi connectivity index (χ1n) is 13.5. The fourth-order valence-electron chi connectivity index (χ4n) is 5.82. The molecule has 1 aromatic carbocycles. The average molecular weight is 559 g/mol. The zero-order valence-corrected chi connectivity index (χ0v) is 22.3. The number of rotatable bonds is 8. The number of imide groups is 1. The van der Waals surface area contributed by atoms with Crippen LogP contribution in [0.1, 0.15) is 74.6 Å². The van der Waals surface area contributed by atoms with Crippen molar-refractivity contribution in [2.24, 2.45) is 0 Å². The summed E-state index contributed by atoms with van der Waals surface area (Å²) in [6.07, 6.45) is 4.81. The molecule has 210 valence electrons. The zero-order valence-electron chi connectivity index (χ0n) is 22.3. The summed E-state index contributed by atoms with van der Waals surface area (Å²) in [5.74, 6) is -1.97. The molecule has 41 heavy (non-hydrogen) atoms. The van der Waals surface area contributed by atoms with Crippen molar-refractivity contribution in [2.45, 2.75) is 45.2 Å². The summed E-state index contributed by atoms with van der Waals surface area (Å²) in [4.78, 5) is 58.4. The molecule has 0 bridgehead atoms. The van der Waals surface area contributed by atoms with Gasteiger partial charge in [0.25, 0.3) is 17.4 Å². The lowest BCUT2D eigenvalue weighted by molar-refractivity contribution is 0.0647. The van der Waals surface area contributed by atoms with Gasteiger partial charge in [0.15, 0.2) is 5.65 Å². The average Bonchev–Trinajstić information content (AvgIpc) is 3.66. The van der Waals surface area contributed by atoms with E-state index in [4.69, 9.17) is 0 Å². The number of carboxylic acid groups (broad SMARTS) is 1. The summed E-state index contributed by atoms with van der Waals surface area (Å²) in [7, 11) is 0. The second-order valence-corrected chi connectivity index (χ2v) is 10.2. The maximum atomic E-state index is 14.8. The minimum Gasteiger partial charge on any atom is -0.477 e. The molecule has 1 atom stereocenters. The van der Waals surface area contributed by atoms with Crippen LogP contribution in [0.2, 0.25) is 0 Å². The van der Waals surface area contributed by atoms with Gasteiger partial charge in [0.05, 0.1) is 22.9 Å². The van der Waals surface area contributed by atoms with E-state index >= 15 is 0 Å². The number of aromatic nitrogens is 4. The summed E-state index contributed by atoms with van der Waals surface area (Å²) >= 11 is 0. The Balaban J connectivity index is 1.24. The quantitative estimate of drug-likeness (QED) is 0.326. The number of anilines is 1. The van der Waals surface area contributed by atoms with Crippen molar-refractivity contribution in [1.82, 2.24) is 24.1 Å². The van der Waals surface area contributed by atoms with Gasteiger partial charge in [-0.2, -0.15) is 5.10 Å². The largest absolute Gasteiger partial charge is 0.477 e. The van der Waals surface area contributed by atoms with Crippen molar-refractivity contribution < 1.29 is 23.9 Å². The Labute approximate surface area is 233 Å². The molecule has 1 N–H and O–H groups in total. The van der Waals surface area contributed by atoms with E-state index in [0.29, 0.717) is 42.0 Å². The number of benzene rings is 1. The Bertz CT molecular complexity index is 1740. The minimum atomic E-state index is -1.12. The Morgan fingerprint density at radius 3 is 2.51 bits per heavy atom. The number of nitrogens with zero attached hydrogens (tertiary/aromatic N) is 6. The van der Waals surface area contributed by atoms with E-state index in [1.165, 1.54) is 15.1 Å². The predicted octanol–water partition coefficient (Wildman–Crippen LogP) is 3.32. The van der Waals surface area contributed by atoms with Crippen molar-refractivity contribution in [3.05, 3.63) is 92.9 Å². The number of halogens is 1. The van der Waals surface area contributed by atoms with Gasteiger partial charge in [-0.05, 0) is 49.9 Å². The topological polar surface area (TPSA) is 130 Å². The lowest BCUT2D eigenvalue weighted by atomic mass is 10.1. The van der Waals surface area contributed by atoms with Crippen molar-refractivity contribution in [3.8, 4) is 0 Å². The summed E-state index contributed by atoms with van der Waals surface area (Å²) in [6.45, 7) is 2.59. The van der Waals surface area contributed by atoms with E-state index in [2.05, 4.69) is 10.1 Å².